The van der Waals surface area contributed by atoms with Gasteiger partial charge < -0.3 is 9.64 Å². The minimum Gasteiger partial charge on any atom is -0.489 e. The number of hydrogen-bond donors (Lipinski definition) is 0. The number of hydrogen-bond acceptors (Lipinski definition) is 6. The molecule has 0 atom stereocenters. The normalized spacial score (nSPS) is 22.1. The lowest BCUT2D eigenvalue weighted by molar-refractivity contribution is 0.0415. The molecule has 2 heterocycles. The quantitative estimate of drug-likeness (QED) is 0.705. The fraction of sp³-hybridized carbons (Fsp3) is 0.550. The van der Waals surface area contributed by atoms with Crippen LogP contribution in [0.4, 0.5) is 0 Å². The number of likely N-dealkylation sites (tertiary alicyclic amines) is 1. The summed E-state index contributed by atoms with van der Waals surface area (Å²) in [6, 6.07) is 6.04. The molecular formula is C20H25ClN4O3. The van der Waals surface area contributed by atoms with Crippen LogP contribution in [0, 0.1) is 5.92 Å². The van der Waals surface area contributed by atoms with E-state index in [4.69, 9.17) is 16.3 Å². The molecule has 4 rings (SSSR count). The summed E-state index contributed by atoms with van der Waals surface area (Å²) in [6.45, 7) is 3.83. The van der Waals surface area contributed by atoms with Crippen molar-refractivity contribution in [1.29, 1.82) is 0 Å². The van der Waals surface area contributed by atoms with Gasteiger partial charge in [0.25, 0.3) is 5.91 Å². The molecule has 1 aromatic carbocycles. The van der Waals surface area contributed by atoms with E-state index in [0.717, 1.165) is 48.8 Å². The summed E-state index contributed by atoms with van der Waals surface area (Å²) in [5, 5.41) is 7.80. The van der Waals surface area contributed by atoms with Gasteiger partial charge >= 0.3 is 0 Å². The highest BCUT2D eigenvalue weighted by Gasteiger charge is 2.33. The van der Waals surface area contributed by atoms with Gasteiger partial charge in [-0.25, -0.2) is 4.63 Å². The highest BCUT2D eigenvalue weighted by atomic mass is 35.5. The second kappa shape index (κ2) is 8.49. The lowest BCUT2D eigenvalue weighted by Crippen LogP contribution is -2.42. The van der Waals surface area contributed by atoms with E-state index in [0.29, 0.717) is 12.5 Å². The topological polar surface area (TPSA) is 71.7 Å². The number of aromatic nitrogens is 2. The molecule has 0 N–H and O–H groups in total. The third-order valence-corrected chi connectivity index (χ3v) is 6.01. The first-order chi connectivity index (χ1) is 13.6. The number of carbonyl (C=O) groups excluding carboxylic acids is 1. The average Bonchev–Trinajstić information content (AvgIpc) is 3.36. The van der Waals surface area contributed by atoms with Gasteiger partial charge in [-0.15, -0.1) is 0 Å². The monoisotopic (exact) mass is 404 g/mol. The Morgan fingerprint density at radius 1 is 1.36 bits per heavy atom. The minimum atomic E-state index is -0.178. The van der Waals surface area contributed by atoms with E-state index >= 15 is 0 Å². The smallest absolute Gasteiger partial charge is 0.277 e. The Kier molecular flexibility index (Phi) is 5.82. The van der Waals surface area contributed by atoms with Crippen LogP contribution < -0.4 is 4.74 Å². The van der Waals surface area contributed by atoms with Crippen molar-refractivity contribution in [2.24, 2.45) is 5.92 Å². The van der Waals surface area contributed by atoms with Gasteiger partial charge in [-0.2, -0.15) is 0 Å². The van der Waals surface area contributed by atoms with E-state index < -0.39 is 0 Å². The molecule has 0 bridgehead atoms. The van der Waals surface area contributed by atoms with Gasteiger partial charge in [0.15, 0.2) is 5.69 Å². The molecule has 2 aromatic rings. The van der Waals surface area contributed by atoms with E-state index in [1.165, 1.54) is 19.0 Å². The summed E-state index contributed by atoms with van der Waals surface area (Å²) < 4.78 is 10.6. The molecule has 2 aliphatic rings. The molecule has 0 radical (unpaired) electrons. The van der Waals surface area contributed by atoms with Gasteiger partial charge in [0.1, 0.15) is 11.9 Å². The number of amides is 1. The first-order valence-electron chi connectivity index (χ1n) is 9.79. The molecule has 1 saturated heterocycles. The first kappa shape index (κ1) is 19.2. The molecule has 0 unspecified atom stereocenters. The van der Waals surface area contributed by atoms with Crippen molar-refractivity contribution in [2.45, 2.75) is 38.3 Å². The van der Waals surface area contributed by atoms with Crippen molar-refractivity contribution in [1.82, 2.24) is 20.1 Å². The van der Waals surface area contributed by atoms with Gasteiger partial charge in [-0.1, -0.05) is 28.9 Å². The predicted molar refractivity (Wildman–Crippen MR) is 104 cm³/mol. The van der Waals surface area contributed by atoms with Crippen LogP contribution in [0.1, 0.15) is 41.7 Å². The molecule has 1 aliphatic carbocycles. The van der Waals surface area contributed by atoms with Crippen molar-refractivity contribution in [2.75, 3.05) is 26.7 Å². The zero-order valence-electron chi connectivity index (χ0n) is 16.0. The summed E-state index contributed by atoms with van der Waals surface area (Å²) in [4.78, 5) is 16.3. The molecule has 0 spiro atoms. The van der Waals surface area contributed by atoms with Crippen LogP contribution in [0.15, 0.2) is 29.0 Å². The maximum absolute atomic E-state index is 12.2. The Labute approximate surface area is 169 Å². The minimum absolute atomic E-state index is 0.141. The summed E-state index contributed by atoms with van der Waals surface area (Å²) in [6.07, 6.45) is 5.82. The highest BCUT2D eigenvalue weighted by Crippen LogP contribution is 2.36. The largest absolute Gasteiger partial charge is 0.489 e. The number of nitrogens with zero attached hydrogens (tertiary/aromatic N) is 4. The standard InChI is InChI=1S/C20H25ClN4O3/c1-24(20(26)17-11-22-28-23-17)12-14-9-16(10-14)27-18-6-4-5-15(19(18)21)13-25-7-2-3-8-25/h4-6,11,14,16H,2-3,7-10,12-13H2,1H3. The molecule has 1 aromatic heterocycles. The Morgan fingerprint density at radius 2 is 2.14 bits per heavy atom. The number of benzene rings is 1. The van der Waals surface area contributed by atoms with E-state index in [-0.39, 0.29) is 17.7 Å². The summed E-state index contributed by atoms with van der Waals surface area (Å²) >= 11 is 6.61. The first-order valence-corrected chi connectivity index (χ1v) is 10.2. The second-order valence-corrected chi connectivity index (χ2v) is 8.15. The van der Waals surface area contributed by atoms with E-state index in [1.54, 1.807) is 11.9 Å². The number of ether oxygens (including phenoxy) is 1. The van der Waals surface area contributed by atoms with Crippen molar-refractivity contribution < 1.29 is 14.2 Å². The zero-order chi connectivity index (χ0) is 19.5. The van der Waals surface area contributed by atoms with Crippen LogP contribution in [-0.4, -0.2) is 58.8 Å². The van der Waals surface area contributed by atoms with Crippen LogP contribution >= 0.6 is 11.6 Å². The van der Waals surface area contributed by atoms with Gasteiger partial charge in [0.2, 0.25) is 0 Å². The molecule has 1 saturated carbocycles. The molecule has 28 heavy (non-hydrogen) atoms. The lowest BCUT2D eigenvalue weighted by atomic mass is 9.82. The number of rotatable bonds is 7. The highest BCUT2D eigenvalue weighted by molar-refractivity contribution is 6.32. The molecule has 2 fully saturated rings. The van der Waals surface area contributed by atoms with Crippen LogP contribution in [0.5, 0.6) is 5.75 Å². The lowest BCUT2D eigenvalue weighted by Gasteiger charge is -2.37. The summed E-state index contributed by atoms with van der Waals surface area (Å²) in [5.41, 5.74) is 1.36. The van der Waals surface area contributed by atoms with Gasteiger partial charge in [-0.3, -0.25) is 9.69 Å². The van der Waals surface area contributed by atoms with E-state index in [9.17, 15) is 4.79 Å². The number of halogens is 1. The third-order valence-electron chi connectivity index (χ3n) is 5.58. The third kappa shape index (κ3) is 4.31. The van der Waals surface area contributed by atoms with Crippen LogP contribution in [0.25, 0.3) is 0 Å². The molecule has 7 nitrogen and oxygen atoms in total. The van der Waals surface area contributed by atoms with Crippen molar-refractivity contribution in [3.8, 4) is 5.75 Å². The van der Waals surface area contributed by atoms with Crippen LogP contribution in [0.3, 0.4) is 0 Å². The maximum atomic E-state index is 12.2. The Morgan fingerprint density at radius 3 is 2.86 bits per heavy atom. The van der Waals surface area contributed by atoms with E-state index in [1.807, 2.05) is 12.1 Å². The SMILES string of the molecule is CN(CC1CC(Oc2cccc(CN3CCCC3)c2Cl)C1)C(=O)c1cnon1. The van der Waals surface area contributed by atoms with Gasteiger partial charge in [0, 0.05) is 20.1 Å². The number of carbonyl (C=O) groups is 1. The fourth-order valence-corrected chi connectivity index (χ4v) is 4.21. The zero-order valence-corrected chi connectivity index (χ0v) is 16.8. The van der Waals surface area contributed by atoms with Crippen molar-refractivity contribution >= 4 is 17.5 Å². The maximum Gasteiger partial charge on any atom is 0.277 e. The second-order valence-electron chi connectivity index (χ2n) is 7.77. The molecular weight excluding hydrogens is 380 g/mol. The summed E-state index contributed by atoms with van der Waals surface area (Å²) in [5.74, 6) is 0.994. The van der Waals surface area contributed by atoms with Crippen LogP contribution in [0.2, 0.25) is 5.02 Å². The molecule has 1 amide bonds. The molecule has 1 aliphatic heterocycles. The molecule has 8 heteroatoms. The Bertz CT molecular complexity index is 802. The fourth-order valence-electron chi connectivity index (χ4n) is 3.98. The molecule has 150 valence electrons. The van der Waals surface area contributed by atoms with Crippen LogP contribution in [-0.2, 0) is 6.54 Å². The van der Waals surface area contributed by atoms with E-state index in [2.05, 4.69) is 25.9 Å². The van der Waals surface area contributed by atoms with Gasteiger partial charge in [-0.05, 0) is 61.5 Å². The van der Waals surface area contributed by atoms with Crippen molar-refractivity contribution in [3.63, 3.8) is 0 Å². The Hall–Kier alpha value is -2.12. The Balaban J connectivity index is 1.27. The summed E-state index contributed by atoms with van der Waals surface area (Å²) in [7, 11) is 1.77. The average molecular weight is 405 g/mol. The van der Waals surface area contributed by atoms with Crippen molar-refractivity contribution in [3.05, 3.63) is 40.7 Å². The van der Waals surface area contributed by atoms with Gasteiger partial charge in [0.05, 0.1) is 11.1 Å². The predicted octanol–water partition coefficient (Wildman–Crippen LogP) is 3.25.